The van der Waals surface area contributed by atoms with Crippen LogP contribution in [-0.4, -0.2) is 6.61 Å². The minimum absolute atomic E-state index is 0.581. The van der Waals surface area contributed by atoms with Crippen molar-refractivity contribution >= 4 is 5.69 Å². The number of rotatable bonds is 4. The fourth-order valence-electron chi connectivity index (χ4n) is 1.66. The van der Waals surface area contributed by atoms with Crippen LogP contribution in [0.1, 0.15) is 12.5 Å². The van der Waals surface area contributed by atoms with Crippen molar-refractivity contribution in [3.8, 4) is 17.2 Å². The second-order valence-corrected chi connectivity index (χ2v) is 4.00. The molecule has 2 aromatic rings. The summed E-state index contributed by atoms with van der Waals surface area (Å²) in [5.74, 6) is 2.22. The number of hydrogen-bond donors (Lipinski definition) is 1. The third kappa shape index (κ3) is 2.74. The lowest BCUT2D eigenvalue weighted by Gasteiger charge is -2.11. The first-order valence-corrected chi connectivity index (χ1v) is 5.96. The van der Waals surface area contributed by atoms with Crippen molar-refractivity contribution in [2.45, 2.75) is 13.8 Å². The van der Waals surface area contributed by atoms with Crippen molar-refractivity contribution in [3.63, 3.8) is 0 Å². The molecule has 0 aliphatic heterocycles. The number of hydrogen-bond acceptors (Lipinski definition) is 3. The summed E-state index contributed by atoms with van der Waals surface area (Å²) in [6, 6.07) is 13.3. The largest absolute Gasteiger partial charge is 0.492 e. The third-order valence-electron chi connectivity index (χ3n) is 2.61. The fourth-order valence-corrected chi connectivity index (χ4v) is 1.66. The monoisotopic (exact) mass is 243 g/mol. The molecule has 0 saturated carbocycles. The van der Waals surface area contributed by atoms with E-state index in [1.165, 1.54) is 0 Å². The highest BCUT2D eigenvalue weighted by atomic mass is 16.5. The van der Waals surface area contributed by atoms with E-state index < -0.39 is 0 Å². The molecule has 0 atom stereocenters. The summed E-state index contributed by atoms with van der Waals surface area (Å²) in [4.78, 5) is 0. The topological polar surface area (TPSA) is 44.5 Å². The molecule has 18 heavy (non-hydrogen) atoms. The minimum Gasteiger partial charge on any atom is -0.492 e. The van der Waals surface area contributed by atoms with Crippen LogP contribution in [-0.2, 0) is 0 Å². The van der Waals surface area contributed by atoms with Gasteiger partial charge >= 0.3 is 0 Å². The van der Waals surface area contributed by atoms with Crippen LogP contribution in [0.25, 0.3) is 0 Å². The maximum Gasteiger partial charge on any atom is 0.145 e. The molecule has 0 aliphatic rings. The molecule has 0 fully saturated rings. The summed E-state index contributed by atoms with van der Waals surface area (Å²) >= 11 is 0. The Labute approximate surface area is 107 Å². The maximum atomic E-state index is 5.82. The van der Waals surface area contributed by atoms with Crippen molar-refractivity contribution in [2.75, 3.05) is 12.3 Å². The molecule has 94 valence electrons. The highest BCUT2D eigenvalue weighted by Gasteiger charge is 2.05. The number of anilines is 1. The van der Waals surface area contributed by atoms with Crippen LogP contribution in [0.3, 0.4) is 0 Å². The second-order valence-electron chi connectivity index (χ2n) is 4.00. The first kappa shape index (κ1) is 12.3. The Hall–Kier alpha value is -2.16. The molecule has 0 saturated heterocycles. The second kappa shape index (κ2) is 5.45. The van der Waals surface area contributed by atoms with Gasteiger partial charge in [0.25, 0.3) is 0 Å². The lowest BCUT2D eigenvalue weighted by molar-refractivity contribution is 0.340. The average Bonchev–Trinajstić information content (AvgIpc) is 2.36. The van der Waals surface area contributed by atoms with E-state index in [9.17, 15) is 0 Å². The van der Waals surface area contributed by atoms with Crippen molar-refractivity contribution < 1.29 is 9.47 Å². The standard InChI is InChI=1S/C15H17NO2/c1-3-17-15-10-12(8-9-13(15)16)18-14-7-5-4-6-11(14)2/h4-10H,3,16H2,1-2H3. The zero-order valence-corrected chi connectivity index (χ0v) is 10.6. The number of aryl methyl sites for hydroxylation is 1. The summed E-state index contributed by atoms with van der Waals surface area (Å²) in [5.41, 5.74) is 7.53. The van der Waals surface area contributed by atoms with Gasteiger partial charge in [0.15, 0.2) is 0 Å². The Bertz CT molecular complexity index is 538. The summed E-state index contributed by atoms with van der Waals surface area (Å²) in [5, 5.41) is 0. The van der Waals surface area contributed by atoms with Crippen molar-refractivity contribution in [1.29, 1.82) is 0 Å². The highest BCUT2D eigenvalue weighted by Crippen LogP contribution is 2.31. The molecule has 2 N–H and O–H groups in total. The van der Waals surface area contributed by atoms with Gasteiger partial charge in [-0.2, -0.15) is 0 Å². The molecular formula is C15H17NO2. The maximum absolute atomic E-state index is 5.82. The van der Waals surface area contributed by atoms with Gasteiger partial charge in [-0.3, -0.25) is 0 Å². The summed E-state index contributed by atoms with van der Waals surface area (Å²) in [6.45, 7) is 4.52. The zero-order chi connectivity index (χ0) is 13.0. The molecule has 3 heteroatoms. The summed E-state index contributed by atoms with van der Waals surface area (Å²) in [6.07, 6.45) is 0. The minimum atomic E-state index is 0.581. The van der Waals surface area contributed by atoms with Gasteiger partial charge in [0.05, 0.1) is 12.3 Å². The van der Waals surface area contributed by atoms with E-state index in [0.717, 1.165) is 17.1 Å². The molecular weight excluding hydrogens is 226 g/mol. The van der Waals surface area contributed by atoms with Gasteiger partial charge in [0, 0.05) is 6.07 Å². The molecule has 2 aromatic carbocycles. The van der Waals surface area contributed by atoms with Crippen molar-refractivity contribution in [3.05, 3.63) is 48.0 Å². The van der Waals surface area contributed by atoms with Crippen LogP contribution in [0.4, 0.5) is 5.69 Å². The van der Waals surface area contributed by atoms with Crippen LogP contribution in [0.15, 0.2) is 42.5 Å². The SMILES string of the molecule is CCOc1cc(Oc2ccccc2C)ccc1N. The molecule has 0 aliphatic carbocycles. The first-order chi connectivity index (χ1) is 8.70. The molecule has 0 unspecified atom stereocenters. The smallest absolute Gasteiger partial charge is 0.145 e. The number of nitrogen functional groups attached to an aromatic ring is 1. The number of ether oxygens (including phenoxy) is 2. The molecule has 0 spiro atoms. The van der Waals surface area contributed by atoms with E-state index in [0.29, 0.717) is 18.0 Å². The van der Waals surface area contributed by atoms with Crippen LogP contribution >= 0.6 is 0 Å². The first-order valence-electron chi connectivity index (χ1n) is 5.96. The molecule has 0 aromatic heterocycles. The Morgan fingerprint density at radius 3 is 2.56 bits per heavy atom. The van der Waals surface area contributed by atoms with Gasteiger partial charge in [0.1, 0.15) is 17.2 Å². The van der Waals surface area contributed by atoms with Crippen LogP contribution in [0, 0.1) is 6.92 Å². The van der Waals surface area contributed by atoms with E-state index in [-0.39, 0.29) is 0 Å². The number of benzene rings is 2. The van der Waals surface area contributed by atoms with Crippen LogP contribution in [0.2, 0.25) is 0 Å². The van der Waals surface area contributed by atoms with Crippen LogP contribution in [0.5, 0.6) is 17.2 Å². The summed E-state index contributed by atoms with van der Waals surface area (Å²) in [7, 11) is 0. The summed E-state index contributed by atoms with van der Waals surface area (Å²) < 4.78 is 11.3. The lowest BCUT2D eigenvalue weighted by Crippen LogP contribution is -1.97. The predicted molar refractivity (Wildman–Crippen MR) is 73.3 cm³/mol. The highest BCUT2D eigenvalue weighted by molar-refractivity contribution is 5.56. The van der Waals surface area contributed by atoms with E-state index in [1.54, 1.807) is 6.07 Å². The van der Waals surface area contributed by atoms with E-state index in [4.69, 9.17) is 15.2 Å². The Morgan fingerprint density at radius 1 is 1.06 bits per heavy atom. The number of nitrogens with two attached hydrogens (primary N) is 1. The molecule has 0 bridgehead atoms. The quantitative estimate of drug-likeness (QED) is 0.831. The van der Waals surface area contributed by atoms with E-state index >= 15 is 0 Å². The third-order valence-corrected chi connectivity index (χ3v) is 2.61. The van der Waals surface area contributed by atoms with Gasteiger partial charge in [-0.15, -0.1) is 0 Å². The number of para-hydroxylation sites is 1. The average molecular weight is 243 g/mol. The molecule has 0 amide bonds. The Kier molecular flexibility index (Phi) is 3.72. The lowest BCUT2D eigenvalue weighted by atomic mass is 10.2. The molecule has 3 nitrogen and oxygen atoms in total. The normalized spacial score (nSPS) is 10.1. The fraction of sp³-hybridized carbons (Fsp3) is 0.200. The van der Waals surface area contributed by atoms with Gasteiger partial charge in [-0.1, -0.05) is 18.2 Å². The van der Waals surface area contributed by atoms with Gasteiger partial charge in [0.2, 0.25) is 0 Å². The van der Waals surface area contributed by atoms with Gasteiger partial charge < -0.3 is 15.2 Å². The Morgan fingerprint density at radius 2 is 1.83 bits per heavy atom. The van der Waals surface area contributed by atoms with Gasteiger partial charge in [-0.05, 0) is 37.6 Å². The predicted octanol–water partition coefficient (Wildman–Crippen LogP) is 3.77. The molecule has 0 radical (unpaired) electrons. The van der Waals surface area contributed by atoms with Gasteiger partial charge in [-0.25, -0.2) is 0 Å². The van der Waals surface area contributed by atoms with E-state index in [2.05, 4.69) is 0 Å². The van der Waals surface area contributed by atoms with Crippen LogP contribution < -0.4 is 15.2 Å². The van der Waals surface area contributed by atoms with Crippen molar-refractivity contribution in [1.82, 2.24) is 0 Å². The van der Waals surface area contributed by atoms with E-state index in [1.807, 2.05) is 50.2 Å². The zero-order valence-electron chi connectivity index (χ0n) is 10.6. The van der Waals surface area contributed by atoms with Crippen molar-refractivity contribution in [2.24, 2.45) is 0 Å². The molecule has 0 heterocycles. The molecule has 2 rings (SSSR count). The Balaban J connectivity index is 2.24.